The Labute approximate surface area is 252 Å². The van der Waals surface area contributed by atoms with Crippen LogP contribution in [0.5, 0.6) is 0 Å². The van der Waals surface area contributed by atoms with Crippen LogP contribution in [0.25, 0.3) is 17.1 Å². The van der Waals surface area contributed by atoms with Crippen molar-refractivity contribution < 1.29 is 19.2 Å². The molecule has 0 unspecified atom stereocenters. The molecule has 0 aliphatic carbocycles. The van der Waals surface area contributed by atoms with Crippen LogP contribution < -0.4 is 0 Å². The molecule has 0 bridgehead atoms. The molecule has 0 aliphatic heterocycles. The van der Waals surface area contributed by atoms with Crippen molar-refractivity contribution in [1.82, 2.24) is 29.3 Å². The third-order valence-electron chi connectivity index (χ3n) is 7.19. The van der Waals surface area contributed by atoms with E-state index in [0.29, 0.717) is 22.8 Å². The van der Waals surface area contributed by atoms with E-state index >= 15 is 0 Å². The molecule has 0 saturated heterocycles. The van der Waals surface area contributed by atoms with Crippen molar-refractivity contribution in [2.75, 3.05) is 0 Å². The Hall–Kier alpha value is -6.03. The second kappa shape index (κ2) is 11.3. The van der Waals surface area contributed by atoms with Gasteiger partial charge in [-0.25, -0.2) is 14.0 Å². The summed E-state index contributed by atoms with van der Waals surface area (Å²) in [7, 11) is 0. The lowest BCUT2D eigenvalue weighted by molar-refractivity contribution is 0.0976. The Morgan fingerprint density at radius 3 is 1.36 bits per heavy atom. The number of ketones is 4. The van der Waals surface area contributed by atoms with Gasteiger partial charge in [0.25, 0.3) is 0 Å². The molecule has 10 nitrogen and oxygen atoms in total. The summed E-state index contributed by atoms with van der Waals surface area (Å²) in [6.07, 6.45) is 2.95. The van der Waals surface area contributed by atoms with Gasteiger partial charge in [-0.05, 0) is 43.3 Å². The largest absolute Gasteiger partial charge is 0.293 e. The van der Waals surface area contributed by atoms with Crippen molar-refractivity contribution in [3.63, 3.8) is 0 Å². The fourth-order valence-electron chi connectivity index (χ4n) is 5.04. The fraction of sp³-hybridized carbons (Fsp3) is 0.0882. The van der Waals surface area contributed by atoms with Crippen LogP contribution in [0, 0.1) is 6.92 Å². The molecule has 0 aliphatic rings. The van der Waals surface area contributed by atoms with Gasteiger partial charge in [0.05, 0.1) is 39.4 Å². The van der Waals surface area contributed by atoms with Gasteiger partial charge in [-0.1, -0.05) is 54.6 Å². The third kappa shape index (κ3) is 4.98. The van der Waals surface area contributed by atoms with Gasteiger partial charge in [0, 0.05) is 26.2 Å². The lowest BCUT2D eigenvalue weighted by atomic mass is 9.96. The summed E-state index contributed by atoms with van der Waals surface area (Å²) in [4.78, 5) is 54.0. The monoisotopic (exact) mass is 582 g/mol. The summed E-state index contributed by atoms with van der Waals surface area (Å²) in [5.41, 5.74) is 2.07. The molecule has 0 saturated carbocycles. The summed E-state index contributed by atoms with van der Waals surface area (Å²) in [6.45, 7) is 4.33. The van der Waals surface area contributed by atoms with Crippen molar-refractivity contribution in [3.05, 3.63) is 143 Å². The summed E-state index contributed by atoms with van der Waals surface area (Å²) >= 11 is 0. The molecule has 3 aromatic heterocycles. The standard InChI is InChI=1S/C34H26N6O4/c1-21-29(33(43)27-19-38(35-30(27)22(2)41)24-13-7-4-8-14-24)32(37-40(21)26-17-11-6-12-18-26)34(44)28-20-39(36-31(28)23(3)42)25-15-9-5-10-16-25/h4-20H,1-3H3. The number of aromatic nitrogens is 6. The summed E-state index contributed by atoms with van der Waals surface area (Å²) in [6, 6.07) is 27.2. The number of hydrogen-bond donors (Lipinski definition) is 0. The van der Waals surface area contributed by atoms with Gasteiger partial charge < -0.3 is 0 Å². The van der Waals surface area contributed by atoms with Gasteiger partial charge in [0.2, 0.25) is 11.6 Å². The fourth-order valence-corrected chi connectivity index (χ4v) is 5.04. The van der Waals surface area contributed by atoms with Crippen LogP contribution in [-0.2, 0) is 0 Å². The highest BCUT2D eigenvalue weighted by atomic mass is 16.1. The highest BCUT2D eigenvalue weighted by molar-refractivity contribution is 6.23. The number of Topliss-reactive ketones (excluding diaryl/α,β-unsaturated/α-hetero) is 2. The van der Waals surface area contributed by atoms with E-state index < -0.39 is 23.1 Å². The first-order chi connectivity index (χ1) is 21.2. The average molecular weight is 583 g/mol. The van der Waals surface area contributed by atoms with Gasteiger partial charge in [0.15, 0.2) is 11.6 Å². The minimum absolute atomic E-state index is 0.000105. The Balaban J connectivity index is 1.55. The van der Waals surface area contributed by atoms with Crippen molar-refractivity contribution >= 4 is 23.1 Å². The van der Waals surface area contributed by atoms with Crippen LogP contribution in [0.2, 0.25) is 0 Å². The predicted octanol–water partition coefficient (Wildman–Crippen LogP) is 5.42. The number of carbonyl (C=O) groups excluding carboxylic acids is 4. The summed E-state index contributed by atoms with van der Waals surface area (Å²) in [5, 5.41) is 13.4. The van der Waals surface area contributed by atoms with Crippen LogP contribution in [-0.4, -0.2) is 52.5 Å². The van der Waals surface area contributed by atoms with Crippen LogP contribution in [0.4, 0.5) is 0 Å². The van der Waals surface area contributed by atoms with Gasteiger partial charge in [-0.2, -0.15) is 15.3 Å². The van der Waals surface area contributed by atoms with Crippen LogP contribution in [0.1, 0.15) is 72.5 Å². The number of carbonyl (C=O) groups is 4. The zero-order valence-corrected chi connectivity index (χ0v) is 24.1. The predicted molar refractivity (Wildman–Crippen MR) is 162 cm³/mol. The third-order valence-corrected chi connectivity index (χ3v) is 7.19. The second-order valence-electron chi connectivity index (χ2n) is 10.2. The molecule has 0 N–H and O–H groups in total. The van der Waals surface area contributed by atoms with Crippen molar-refractivity contribution in [1.29, 1.82) is 0 Å². The molecule has 3 aromatic carbocycles. The summed E-state index contributed by atoms with van der Waals surface area (Å²) in [5.74, 6) is -2.08. The van der Waals surface area contributed by atoms with Crippen LogP contribution in [0.15, 0.2) is 103 Å². The van der Waals surface area contributed by atoms with E-state index in [-0.39, 0.29) is 33.8 Å². The summed E-state index contributed by atoms with van der Waals surface area (Å²) < 4.78 is 4.41. The maximum Gasteiger partial charge on any atom is 0.217 e. The number of rotatable bonds is 9. The Morgan fingerprint density at radius 2 is 0.932 bits per heavy atom. The first-order valence-corrected chi connectivity index (χ1v) is 13.8. The Kier molecular flexibility index (Phi) is 7.24. The molecule has 3 heterocycles. The molecule has 216 valence electrons. The number of hydrogen-bond acceptors (Lipinski definition) is 7. The van der Waals surface area contributed by atoms with Crippen molar-refractivity contribution in [2.24, 2.45) is 0 Å². The molecule has 10 heteroatoms. The molecule has 6 rings (SSSR count). The van der Waals surface area contributed by atoms with Gasteiger partial charge in [-0.3, -0.25) is 19.2 Å². The first-order valence-electron chi connectivity index (χ1n) is 13.8. The number of nitrogens with zero attached hydrogens (tertiary/aromatic N) is 6. The zero-order valence-electron chi connectivity index (χ0n) is 24.1. The number of benzene rings is 3. The van der Waals surface area contributed by atoms with Gasteiger partial charge >= 0.3 is 0 Å². The normalized spacial score (nSPS) is 11.0. The van der Waals surface area contributed by atoms with E-state index in [1.165, 1.54) is 40.3 Å². The Morgan fingerprint density at radius 1 is 0.523 bits per heavy atom. The molecule has 0 amide bonds. The van der Waals surface area contributed by atoms with E-state index in [2.05, 4.69) is 15.3 Å². The first kappa shape index (κ1) is 28.1. The molecule has 0 spiro atoms. The molecular weight excluding hydrogens is 556 g/mol. The van der Waals surface area contributed by atoms with E-state index in [4.69, 9.17) is 0 Å². The van der Waals surface area contributed by atoms with E-state index in [1.807, 2.05) is 54.6 Å². The number of para-hydroxylation sites is 3. The highest BCUT2D eigenvalue weighted by Crippen LogP contribution is 2.27. The zero-order chi connectivity index (χ0) is 31.0. The minimum Gasteiger partial charge on any atom is -0.293 e. The molecule has 0 fully saturated rings. The van der Waals surface area contributed by atoms with E-state index in [1.54, 1.807) is 43.3 Å². The van der Waals surface area contributed by atoms with E-state index in [9.17, 15) is 19.2 Å². The molecule has 0 atom stereocenters. The topological polar surface area (TPSA) is 122 Å². The Bertz CT molecular complexity index is 2050. The lowest BCUT2D eigenvalue weighted by Gasteiger charge is -2.05. The molecule has 0 radical (unpaired) electrons. The SMILES string of the molecule is CC(=O)c1nn(-c2ccccc2)cc1C(=O)c1nn(-c2ccccc2)c(C)c1C(=O)c1cn(-c2ccccc2)nc1C(C)=O. The van der Waals surface area contributed by atoms with Crippen molar-refractivity contribution in [2.45, 2.75) is 20.8 Å². The molecular formula is C34H26N6O4. The van der Waals surface area contributed by atoms with Gasteiger partial charge in [-0.15, -0.1) is 0 Å². The smallest absolute Gasteiger partial charge is 0.217 e. The van der Waals surface area contributed by atoms with Crippen molar-refractivity contribution in [3.8, 4) is 17.1 Å². The van der Waals surface area contributed by atoms with Crippen LogP contribution >= 0.6 is 0 Å². The maximum atomic E-state index is 14.4. The quantitative estimate of drug-likeness (QED) is 0.209. The maximum absolute atomic E-state index is 14.4. The lowest BCUT2D eigenvalue weighted by Crippen LogP contribution is -2.14. The van der Waals surface area contributed by atoms with Gasteiger partial charge in [0.1, 0.15) is 17.1 Å². The highest BCUT2D eigenvalue weighted by Gasteiger charge is 2.33. The molecule has 44 heavy (non-hydrogen) atoms. The minimum atomic E-state index is -0.654. The average Bonchev–Trinajstić information content (AvgIpc) is 3.78. The van der Waals surface area contributed by atoms with Crippen LogP contribution in [0.3, 0.4) is 0 Å². The molecule has 6 aromatic rings. The second-order valence-corrected chi connectivity index (χ2v) is 10.2. The van der Waals surface area contributed by atoms with E-state index in [0.717, 1.165) is 0 Å².